The normalized spacial score (nSPS) is 13.4. The first kappa shape index (κ1) is 12.0. The molecular formula is C10H19ClO. The predicted octanol–water partition coefficient (Wildman–Crippen LogP) is 2.97. The fourth-order valence-electron chi connectivity index (χ4n) is 1.20. The van der Waals surface area contributed by atoms with Crippen molar-refractivity contribution in [3.63, 3.8) is 0 Å². The summed E-state index contributed by atoms with van der Waals surface area (Å²) in [6.07, 6.45) is 2.13. The van der Waals surface area contributed by atoms with Gasteiger partial charge in [-0.3, -0.25) is 0 Å². The van der Waals surface area contributed by atoms with Crippen molar-refractivity contribution in [3.05, 3.63) is 12.2 Å². The predicted molar refractivity (Wildman–Crippen MR) is 54.6 cm³/mol. The van der Waals surface area contributed by atoms with Crippen LogP contribution in [-0.2, 0) is 0 Å². The third kappa shape index (κ3) is 6.68. The lowest BCUT2D eigenvalue weighted by molar-refractivity contribution is 0.148. The van der Waals surface area contributed by atoms with Gasteiger partial charge in [0.2, 0.25) is 0 Å². The summed E-state index contributed by atoms with van der Waals surface area (Å²) < 4.78 is 0. The second-order valence-corrected chi connectivity index (χ2v) is 4.05. The molecule has 0 aliphatic rings. The molecule has 0 aromatic heterocycles. The van der Waals surface area contributed by atoms with Crippen molar-refractivity contribution in [1.29, 1.82) is 0 Å². The molecule has 0 spiro atoms. The average molecular weight is 191 g/mol. The first-order valence-corrected chi connectivity index (χ1v) is 5.00. The van der Waals surface area contributed by atoms with E-state index in [1.807, 2.05) is 0 Å². The van der Waals surface area contributed by atoms with Crippen LogP contribution >= 0.6 is 11.6 Å². The molecule has 0 saturated carbocycles. The van der Waals surface area contributed by atoms with Gasteiger partial charge in [-0.1, -0.05) is 26.0 Å². The number of alkyl halides is 1. The molecule has 1 N–H and O–H groups in total. The molecule has 1 unspecified atom stereocenters. The first-order chi connectivity index (χ1) is 5.56. The van der Waals surface area contributed by atoms with Crippen LogP contribution in [0.3, 0.4) is 0 Å². The van der Waals surface area contributed by atoms with Crippen molar-refractivity contribution < 1.29 is 5.11 Å². The maximum absolute atomic E-state index is 9.51. The molecule has 2 heteroatoms. The minimum Gasteiger partial charge on any atom is -0.393 e. The van der Waals surface area contributed by atoms with Crippen LogP contribution < -0.4 is 0 Å². The van der Waals surface area contributed by atoms with E-state index in [1.54, 1.807) is 0 Å². The van der Waals surface area contributed by atoms with Crippen molar-refractivity contribution in [3.8, 4) is 0 Å². The molecule has 0 radical (unpaired) electrons. The highest BCUT2D eigenvalue weighted by Gasteiger charge is 2.07. The molecular weight excluding hydrogens is 172 g/mol. The largest absolute Gasteiger partial charge is 0.393 e. The van der Waals surface area contributed by atoms with Crippen LogP contribution in [0.1, 0.15) is 33.1 Å². The Morgan fingerprint density at radius 2 is 2.08 bits per heavy atom. The van der Waals surface area contributed by atoms with Crippen molar-refractivity contribution in [1.82, 2.24) is 0 Å². The lowest BCUT2D eigenvalue weighted by atomic mass is 9.99. The third-order valence-corrected chi connectivity index (χ3v) is 1.90. The Morgan fingerprint density at radius 3 is 2.50 bits per heavy atom. The van der Waals surface area contributed by atoms with E-state index >= 15 is 0 Å². The Labute approximate surface area is 80.4 Å². The van der Waals surface area contributed by atoms with Gasteiger partial charge in [0.1, 0.15) is 0 Å². The van der Waals surface area contributed by atoms with Crippen LogP contribution in [0.5, 0.6) is 0 Å². The third-order valence-electron chi connectivity index (χ3n) is 1.72. The number of aliphatic hydroxyl groups is 1. The van der Waals surface area contributed by atoms with Crippen molar-refractivity contribution in [2.24, 2.45) is 5.92 Å². The molecule has 0 bridgehead atoms. The number of halogens is 1. The summed E-state index contributed by atoms with van der Waals surface area (Å²) in [7, 11) is 0. The molecule has 0 aliphatic carbocycles. The Hall–Kier alpha value is -0.0100. The first-order valence-electron chi connectivity index (χ1n) is 4.47. The van der Waals surface area contributed by atoms with Crippen LogP contribution in [0.15, 0.2) is 12.2 Å². The molecule has 0 amide bonds. The fraction of sp³-hybridized carbons (Fsp3) is 0.800. The molecule has 1 nitrogen and oxygen atoms in total. The topological polar surface area (TPSA) is 20.2 Å². The van der Waals surface area contributed by atoms with Crippen LogP contribution in [-0.4, -0.2) is 17.1 Å². The zero-order valence-electron chi connectivity index (χ0n) is 8.02. The molecule has 0 aromatic carbocycles. The van der Waals surface area contributed by atoms with E-state index < -0.39 is 0 Å². The monoisotopic (exact) mass is 190 g/mol. The van der Waals surface area contributed by atoms with Gasteiger partial charge in [-0.15, -0.1) is 11.6 Å². The zero-order valence-corrected chi connectivity index (χ0v) is 8.77. The minimum atomic E-state index is -0.235. The standard InChI is InChI=1S/C10H19ClO/c1-8(2)6-10(12)7-9(3)4-5-11/h8,10,12H,3-7H2,1-2H3. The highest BCUT2D eigenvalue weighted by Crippen LogP contribution is 2.14. The molecule has 72 valence electrons. The molecule has 0 aliphatic heterocycles. The van der Waals surface area contributed by atoms with Gasteiger partial charge in [0.05, 0.1) is 6.10 Å². The van der Waals surface area contributed by atoms with Gasteiger partial charge in [0.15, 0.2) is 0 Å². The van der Waals surface area contributed by atoms with E-state index in [2.05, 4.69) is 20.4 Å². The summed E-state index contributed by atoms with van der Waals surface area (Å²) >= 11 is 5.54. The van der Waals surface area contributed by atoms with E-state index in [0.29, 0.717) is 18.2 Å². The molecule has 0 aromatic rings. The number of hydrogen-bond acceptors (Lipinski definition) is 1. The average Bonchev–Trinajstić information content (AvgIpc) is 1.84. The van der Waals surface area contributed by atoms with Crippen LogP contribution in [0, 0.1) is 5.92 Å². The van der Waals surface area contributed by atoms with Gasteiger partial charge >= 0.3 is 0 Å². The molecule has 0 rings (SSSR count). The lowest BCUT2D eigenvalue weighted by Crippen LogP contribution is -2.10. The molecule has 12 heavy (non-hydrogen) atoms. The maximum Gasteiger partial charge on any atom is 0.0579 e. The zero-order chi connectivity index (χ0) is 9.56. The van der Waals surface area contributed by atoms with Gasteiger partial charge in [-0.2, -0.15) is 0 Å². The number of rotatable bonds is 6. The second-order valence-electron chi connectivity index (χ2n) is 3.68. The van der Waals surface area contributed by atoms with Crippen molar-refractivity contribution in [2.75, 3.05) is 5.88 Å². The number of hydrogen-bond donors (Lipinski definition) is 1. The maximum atomic E-state index is 9.51. The molecule has 1 atom stereocenters. The van der Waals surface area contributed by atoms with Crippen LogP contribution in [0.2, 0.25) is 0 Å². The molecule has 0 fully saturated rings. The second kappa shape index (κ2) is 6.50. The Morgan fingerprint density at radius 1 is 1.50 bits per heavy atom. The minimum absolute atomic E-state index is 0.235. The molecule has 0 saturated heterocycles. The summed E-state index contributed by atoms with van der Waals surface area (Å²) in [5, 5.41) is 9.51. The van der Waals surface area contributed by atoms with Crippen molar-refractivity contribution in [2.45, 2.75) is 39.2 Å². The SMILES string of the molecule is C=C(CCCl)CC(O)CC(C)C. The van der Waals surface area contributed by atoms with Gasteiger partial charge in [0.25, 0.3) is 0 Å². The smallest absolute Gasteiger partial charge is 0.0579 e. The quantitative estimate of drug-likeness (QED) is 0.505. The summed E-state index contributed by atoms with van der Waals surface area (Å²) in [5.41, 5.74) is 1.05. The van der Waals surface area contributed by atoms with E-state index in [1.165, 1.54) is 0 Å². The fourth-order valence-corrected chi connectivity index (χ4v) is 1.46. The van der Waals surface area contributed by atoms with Gasteiger partial charge in [0, 0.05) is 5.88 Å². The van der Waals surface area contributed by atoms with Crippen molar-refractivity contribution >= 4 is 11.6 Å². The number of aliphatic hydroxyl groups excluding tert-OH is 1. The summed E-state index contributed by atoms with van der Waals surface area (Å²) in [4.78, 5) is 0. The van der Waals surface area contributed by atoms with E-state index in [4.69, 9.17) is 11.6 Å². The summed E-state index contributed by atoms with van der Waals surface area (Å²) in [5.74, 6) is 1.15. The van der Waals surface area contributed by atoms with Gasteiger partial charge < -0.3 is 5.11 Å². The van der Waals surface area contributed by atoms with E-state index in [-0.39, 0.29) is 6.10 Å². The Kier molecular flexibility index (Phi) is 6.49. The van der Waals surface area contributed by atoms with Gasteiger partial charge in [-0.25, -0.2) is 0 Å². The van der Waals surface area contributed by atoms with Crippen LogP contribution in [0.4, 0.5) is 0 Å². The Bertz CT molecular complexity index is 132. The molecule has 0 heterocycles. The highest BCUT2D eigenvalue weighted by molar-refractivity contribution is 6.17. The summed E-state index contributed by atoms with van der Waals surface area (Å²) in [6.45, 7) is 8.06. The van der Waals surface area contributed by atoms with Crippen LogP contribution in [0.25, 0.3) is 0 Å². The van der Waals surface area contributed by atoms with Gasteiger partial charge in [-0.05, 0) is 25.2 Å². The Balaban J connectivity index is 3.54. The summed E-state index contributed by atoms with van der Waals surface area (Å²) in [6, 6.07) is 0. The van der Waals surface area contributed by atoms with E-state index in [9.17, 15) is 5.11 Å². The van der Waals surface area contributed by atoms with E-state index in [0.717, 1.165) is 18.4 Å². The highest BCUT2D eigenvalue weighted by atomic mass is 35.5. The lowest BCUT2D eigenvalue weighted by Gasteiger charge is -2.13.